The molecule has 1 fully saturated rings. The number of aryl methyl sites for hydroxylation is 1. The van der Waals surface area contributed by atoms with Crippen molar-refractivity contribution in [2.75, 3.05) is 32.0 Å². The first kappa shape index (κ1) is 31.4. The number of carbonyl (C=O) groups is 2. The van der Waals surface area contributed by atoms with Crippen molar-refractivity contribution in [1.82, 2.24) is 9.88 Å². The molecule has 0 saturated carbocycles. The highest BCUT2D eigenvalue weighted by Gasteiger charge is 2.47. The van der Waals surface area contributed by atoms with Gasteiger partial charge in [0.1, 0.15) is 17.7 Å². The zero-order valence-corrected chi connectivity index (χ0v) is 27.2. The van der Waals surface area contributed by atoms with E-state index in [1.165, 1.54) is 5.56 Å². The number of pyridine rings is 1. The zero-order chi connectivity index (χ0) is 32.4. The number of anilines is 1. The van der Waals surface area contributed by atoms with Crippen LogP contribution in [-0.4, -0.2) is 48.2 Å². The number of hydrogen-bond acceptors (Lipinski definition) is 7. The fourth-order valence-electron chi connectivity index (χ4n) is 6.98. The van der Waals surface area contributed by atoms with Gasteiger partial charge in [-0.3, -0.25) is 4.79 Å². The summed E-state index contributed by atoms with van der Waals surface area (Å²) in [6.45, 7) is 9.90. The quantitative estimate of drug-likeness (QED) is 0.203. The Morgan fingerprint density at radius 3 is 2.54 bits per heavy atom. The summed E-state index contributed by atoms with van der Waals surface area (Å²) in [6, 6.07) is 20.8. The van der Waals surface area contributed by atoms with Crippen LogP contribution < -0.4 is 10.5 Å². The third kappa shape index (κ3) is 6.26. The molecule has 2 aliphatic rings. The van der Waals surface area contributed by atoms with E-state index < -0.39 is 0 Å². The van der Waals surface area contributed by atoms with Gasteiger partial charge in [0.15, 0.2) is 0 Å². The molecule has 0 radical (unpaired) electrons. The van der Waals surface area contributed by atoms with E-state index in [0.29, 0.717) is 43.8 Å². The largest absolute Gasteiger partial charge is 0.485 e. The van der Waals surface area contributed by atoms with Crippen molar-refractivity contribution in [3.05, 3.63) is 89.1 Å². The molecule has 1 amide bonds. The van der Waals surface area contributed by atoms with Crippen LogP contribution in [0.3, 0.4) is 0 Å². The molecule has 4 aromatic rings. The Bertz CT molecular complexity index is 1760. The monoisotopic (exact) mass is 621 g/mol. The Morgan fingerprint density at radius 2 is 1.78 bits per heavy atom. The van der Waals surface area contributed by atoms with Crippen LogP contribution in [0, 0.1) is 12.8 Å². The summed E-state index contributed by atoms with van der Waals surface area (Å²) in [5.41, 5.74) is 12.5. The van der Waals surface area contributed by atoms with Crippen molar-refractivity contribution in [3.8, 4) is 16.9 Å². The SMILES string of the molecule is CCOC(=O)Cc1c(C)cccc1OC1CC2(CCN(C(=O)OCC(C)C)CC2)c2ccc(-c3ccc4ccnc(N)c4c3)cc21. The zero-order valence-electron chi connectivity index (χ0n) is 27.2. The summed E-state index contributed by atoms with van der Waals surface area (Å²) in [7, 11) is 0. The van der Waals surface area contributed by atoms with Gasteiger partial charge in [0.05, 0.1) is 19.6 Å². The molecule has 1 saturated heterocycles. The molecular formula is C38H43N3O5. The lowest BCUT2D eigenvalue weighted by molar-refractivity contribution is -0.142. The van der Waals surface area contributed by atoms with E-state index in [9.17, 15) is 9.59 Å². The minimum Gasteiger partial charge on any atom is -0.485 e. The Kier molecular flexibility index (Phi) is 8.89. The molecule has 2 heterocycles. The maximum atomic E-state index is 12.8. The fraction of sp³-hybridized carbons (Fsp3) is 0.395. The van der Waals surface area contributed by atoms with Gasteiger partial charge >= 0.3 is 12.1 Å². The number of benzene rings is 3. The van der Waals surface area contributed by atoms with Crippen LogP contribution in [0.15, 0.2) is 66.9 Å². The van der Waals surface area contributed by atoms with Gasteiger partial charge in [0, 0.05) is 35.7 Å². The second-order valence-corrected chi connectivity index (χ2v) is 13.0. The number of ether oxygens (including phenoxy) is 3. The minimum atomic E-state index is -0.269. The molecule has 8 heteroatoms. The van der Waals surface area contributed by atoms with Gasteiger partial charge in [-0.1, -0.05) is 50.2 Å². The third-order valence-corrected chi connectivity index (χ3v) is 9.46. The first-order chi connectivity index (χ1) is 22.2. The van der Waals surface area contributed by atoms with Gasteiger partial charge in [-0.05, 0) is 96.5 Å². The molecule has 0 bridgehead atoms. The van der Waals surface area contributed by atoms with E-state index in [1.807, 2.05) is 56.9 Å². The molecule has 46 heavy (non-hydrogen) atoms. The summed E-state index contributed by atoms with van der Waals surface area (Å²) in [5, 5.41) is 1.97. The lowest BCUT2D eigenvalue weighted by Gasteiger charge is -2.39. The van der Waals surface area contributed by atoms with Crippen molar-refractivity contribution >= 4 is 28.7 Å². The lowest BCUT2D eigenvalue weighted by Crippen LogP contribution is -2.45. The van der Waals surface area contributed by atoms with Gasteiger partial charge in [0.2, 0.25) is 0 Å². The smallest absolute Gasteiger partial charge is 0.409 e. The van der Waals surface area contributed by atoms with Crippen molar-refractivity contribution in [2.24, 2.45) is 5.92 Å². The predicted molar refractivity (Wildman–Crippen MR) is 180 cm³/mol. The third-order valence-electron chi connectivity index (χ3n) is 9.46. The van der Waals surface area contributed by atoms with Gasteiger partial charge in [0.25, 0.3) is 0 Å². The number of hydrogen-bond donors (Lipinski definition) is 1. The van der Waals surface area contributed by atoms with Crippen LogP contribution in [0.1, 0.15) is 68.4 Å². The first-order valence-electron chi connectivity index (χ1n) is 16.3. The van der Waals surface area contributed by atoms with Crippen LogP contribution in [0.4, 0.5) is 10.6 Å². The van der Waals surface area contributed by atoms with Gasteiger partial charge in [-0.2, -0.15) is 0 Å². The number of nitrogens with two attached hydrogens (primary N) is 1. The van der Waals surface area contributed by atoms with Gasteiger partial charge < -0.3 is 24.8 Å². The summed E-state index contributed by atoms with van der Waals surface area (Å²) >= 11 is 0. The van der Waals surface area contributed by atoms with E-state index in [0.717, 1.165) is 57.9 Å². The molecule has 6 rings (SSSR count). The van der Waals surface area contributed by atoms with Crippen molar-refractivity contribution in [2.45, 2.75) is 64.9 Å². The summed E-state index contributed by atoms with van der Waals surface area (Å²) in [6.07, 6.45) is 3.82. The van der Waals surface area contributed by atoms with Crippen LogP contribution in [-0.2, 0) is 26.1 Å². The number of aromatic nitrogens is 1. The number of esters is 1. The average Bonchev–Trinajstić information content (AvgIpc) is 3.33. The standard InChI is InChI=1S/C38H43N3O5/c1-5-44-35(42)21-29-25(4)7-6-8-33(29)46-34-22-38(14-17-41(18-15-38)37(43)45-23-24(2)3)32-12-11-28(20-31(32)34)27-10-9-26-13-16-40-36(39)30(26)19-27/h6-13,16,19-20,24,34H,5,14-15,17-18,21-23H2,1-4H3,(H2,39,40). The van der Waals surface area contributed by atoms with E-state index in [1.54, 1.807) is 6.20 Å². The second-order valence-electron chi connectivity index (χ2n) is 13.0. The van der Waals surface area contributed by atoms with Crippen LogP contribution in [0.2, 0.25) is 0 Å². The molecule has 8 nitrogen and oxygen atoms in total. The molecule has 3 aromatic carbocycles. The molecule has 1 spiro atoms. The molecule has 1 atom stereocenters. The number of piperidine rings is 1. The number of nitrogens with zero attached hydrogens (tertiary/aromatic N) is 2. The molecule has 1 unspecified atom stereocenters. The minimum absolute atomic E-state index is 0.143. The Morgan fingerprint density at radius 1 is 1.02 bits per heavy atom. The van der Waals surface area contributed by atoms with E-state index in [2.05, 4.69) is 41.4 Å². The van der Waals surface area contributed by atoms with Crippen LogP contribution in [0.25, 0.3) is 21.9 Å². The lowest BCUT2D eigenvalue weighted by atomic mass is 9.73. The van der Waals surface area contributed by atoms with Crippen molar-refractivity contribution in [1.29, 1.82) is 0 Å². The summed E-state index contributed by atoms with van der Waals surface area (Å²) in [5.74, 6) is 1.23. The van der Waals surface area contributed by atoms with Crippen molar-refractivity contribution in [3.63, 3.8) is 0 Å². The topological polar surface area (TPSA) is 104 Å². The number of fused-ring (bicyclic) bond motifs is 3. The van der Waals surface area contributed by atoms with E-state index in [4.69, 9.17) is 19.9 Å². The highest BCUT2D eigenvalue weighted by Crippen LogP contribution is 2.53. The summed E-state index contributed by atoms with van der Waals surface area (Å²) < 4.78 is 17.7. The Labute approximate surface area is 270 Å². The van der Waals surface area contributed by atoms with Crippen LogP contribution in [0.5, 0.6) is 5.75 Å². The number of nitrogen functional groups attached to an aromatic ring is 1. The predicted octanol–water partition coefficient (Wildman–Crippen LogP) is 7.55. The van der Waals surface area contributed by atoms with Crippen molar-refractivity contribution < 1.29 is 23.8 Å². The molecule has 1 aromatic heterocycles. The molecule has 1 aliphatic carbocycles. The molecular weight excluding hydrogens is 578 g/mol. The molecule has 1 aliphatic heterocycles. The summed E-state index contributed by atoms with van der Waals surface area (Å²) in [4.78, 5) is 31.5. The van der Waals surface area contributed by atoms with Gasteiger partial charge in [-0.15, -0.1) is 0 Å². The normalized spacial score (nSPS) is 16.9. The highest BCUT2D eigenvalue weighted by atomic mass is 16.6. The fourth-order valence-corrected chi connectivity index (χ4v) is 6.98. The number of likely N-dealkylation sites (tertiary alicyclic amines) is 1. The Balaban J connectivity index is 1.35. The highest BCUT2D eigenvalue weighted by molar-refractivity contribution is 5.94. The molecule has 2 N–H and O–H groups in total. The van der Waals surface area contributed by atoms with Gasteiger partial charge in [-0.25, -0.2) is 9.78 Å². The van der Waals surface area contributed by atoms with E-state index >= 15 is 0 Å². The average molecular weight is 622 g/mol. The second kappa shape index (κ2) is 13.0. The number of rotatable bonds is 8. The van der Waals surface area contributed by atoms with E-state index in [-0.39, 0.29) is 30.0 Å². The Hall–Kier alpha value is -4.59. The molecule has 240 valence electrons. The first-order valence-corrected chi connectivity index (χ1v) is 16.3. The maximum absolute atomic E-state index is 12.8. The number of carbonyl (C=O) groups excluding carboxylic acids is 2. The maximum Gasteiger partial charge on any atom is 0.409 e. The van der Waals surface area contributed by atoms with Crippen LogP contribution >= 0.6 is 0 Å². The number of amides is 1.